The minimum absolute atomic E-state index is 0.0816. The van der Waals surface area contributed by atoms with Crippen LogP contribution in [0.3, 0.4) is 0 Å². The number of aliphatic carboxylic acids is 2. The Balaban J connectivity index is 4.14. The van der Waals surface area contributed by atoms with Crippen LogP contribution in [0.2, 0.25) is 0 Å². The first-order chi connectivity index (χ1) is 9.23. The van der Waals surface area contributed by atoms with Gasteiger partial charge in [0.1, 0.15) is 6.04 Å². The lowest BCUT2D eigenvalue weighted by atomic mass is 10.1. The largest absolute Gasteiger partial charge is 0.481 e. The van der Waals surface area contributed by atoms with Gasteiger partial charge in [-0.25, -0.2) is 9.59 Å². The summed E-state index contributed by atoms with van der Waals surface area (Å²) in [6.07, 6.45) is 0.156. The van der Waals surface area contributed by atoms with Gasteiger partial charge in [0, 0.05) is 19.0 Å². The molecule has 116 valence electrons. The Morgan fingerprint density at radius 1 is 1.20 bits per heavy atom. The zero-order valence-electron chi connectivity index (χ0n) is 12.0. The number of nitrogens with one attached hydrogen (secondary N) is 2. The van der Waals surface area contributed by atoms with Crippen molar-refractivity contribution >= 4 is 18.0 Å². The third-order valence-electron chi connectivity index (χ3n) is 2.93. The first-order valence-electron chi connectivity index (χ1n) is 6.39. The predicted molar refractivity (Wildman–Crippen MR) is 72.6 cm³/mol. The molecule has 0 aromatic rings. The zero-order valence-corrected chi connectivity index (χ0v) is 12.0. The van der Waals surface area contributed by atoms with Gasteiger partial charge < -0.3 is 25.7 Å². The van der Waals surface area contributed by atoms with Gasteiger partial charge in [-0.1, -0.05) is 0 Å². The quantitative estimate of drug-likeness (QED) is 0.472. The number of rotatable bonds is 9. The van der Waals surface area contributed by atoms with E-state index in [4.69, 9.17) is 10.2 Å². The molecule has 0 radical (unpaired) electrons. The maximum atomic E-state index is 11.6. The molecule has 0 bridgehead atoms. The fourth-order valence-corrected chi connectivity index (χ4v) is 1.35. The van der Waals surface area contributed by atoms with Gasteiger partial charge in [0.25, 0.3) is 0 Å². The smallest absolute Gasteiger partial charge is 0.326 e. The van der Waals surface area contributed by atoms with Crippen LogP contribution in [0.15, 0.2) is 0 Å². The van der Waals surface area contributed by atoms with Crippen LogP contribution >= 0.6 is 0 Å². The summed E-state index contributed by atoms with van der Waals surface area (Å²) in [7, 11) is 3.74. The van der Waals surface area contributed by atoms with Crippen LogP contribution in [0.25, 0.3) is 0 Å². The molecule has 8 heteroatoms. The first-order valence-corrected chi connectivity index (χ1v) is 6.39. The molecule has 20 heavy (non-hydrogen) atoms. The summed E-state index contributed by atoms with van der Waals surface area (Å²) in [6.45, 7) is 2.31. The molecule has 0 aliphatic rings. The molecule has 1 unspecified atom stereocenters. The van der Waals surface area contributed by atoms with Crippen LogP contribution in [0.4, 0.5) is 4.79 Å². The minimum Gasteiger partial charge on any atom is -0.481 e. The highest BCUT2D eigenvalue weighted by molar-refractivity contribution is 5.82. The number of hydrogen-bond donors (Lipinski definition) is 4. The van der Waals surface area contributed by atoms with Crippen LogP contribution in [0, 0.1) is 0 Å². The van der Waals surface area contributed by atoms with E-state index in [1.54, 1.807) is 0 Å². The Hall–Kier alpha value is -1.83. The number of hydrogen-bond acceptors (Lipinski definition) is 4. The zero-order chi connectivity index (χ0) is 15.7. The Kier molecular flexibility index (Phi) is 8.30. The van der Waals surface area contributed by atoms with Gasteiger partial charge >= 0.3 is 18.0 Å². The number of likely N-dealkylation sites (N-methyl/N-ethyl adjacent to an activating group) is 1. The van der Waals surface area contributed by atoms with E-state index in [2.05, 4.69) is 10.6 Å². The van der Waals surface area contributed by atoms with E-state index in [1.807, 2.05) is 25.9 Å². The summed E-state index contributed by atoms with van der Waals surface area (Å²) < 4.78 is 0. The molecule has 2 amide bonds. The average molecular weight is 289 g/mol. The van der Waals surface area contributed by atoms with Crippen LogP contribution in [0.5, 0.6) is 0 Å². The molecule has 0 aliphatic carbocycles. The van der Waals surface area contributed by atoms with E-state index in [0.717, 1.165) is 0 Å². The monoisotopic (exact) mass is 289 g/mol. The van der Waals surface area contributed by atoms with Gasteiger partial charge in [-0.15, -0.1) is 0 Å². The Labute approximate surface area is 118 Å². The molecule has 0 saturated carbocycles. The maximum absolute atomic E-state index is 11.6. The van der Waals surface area contributed by atoms with Crippen molar-refractivity contribution in [2.24, 2.45) is 0 Å². The lowest BCUT2D eigenvalue weighted by Gasteiger charge is -2.21. The molecule has 0 saturated heterocycles. The molecule has 0 aromatic carbocycles. The molecule has 0 rings (SSSR count). The predicted octanol–water partition coefficient (Wildman–Crippen LogP) is -0.0562. The summed E-state index contributed by atoms with van der Waals surface area (Å²) in [5.41, 5.74) is 0. The molecule has 8 nitrogen and oxygen atoms in total. The molecule has 2 atom stereocenters. The maximum Gasteiger partial charge on any atom is 0.326 e. The van der Waals surface area contributed by atoms with Crippen molar-refractivity contribution < 1.29 is 24.6 Å². The summed E-state index contributed by atoms with van der Waals surface area (Å²) in [5.74, 6) is -2.16. The second kappa shape index (κ2) is 9.13. The molecular weight excluding hydrogens is 266 g/mol. The van der Waals surface area contributed by atoms with Crippen LogP contribution in [0.1, 0.15) is 26.2 Å². The fraction of sp³-hybridized carbons (Fsp3) is 0.750. The van der Waals surface area contributed by atoms with Crippen LogP contribution in [-0.2, 0) is 9.59 Å². The van der Waals surface area contributed by atoms with Crippen molar-refractivity contribution in [3.63, 3.8) is 0 Å². The van der Waals surface area contributed by atoms with E-state index in [1.165, 1.54) is 0 Å². The van der Waals surface area contributed by atoms with Gasteiger partial charge in [-0.2, -0.15) is 0 Å². The van der Waals surface area contributed by atoms with Crippen LogP contribution in [-0.4, -0.2) is 65.8 Å². The number of urea groups is 1. The molecule has 0 heterocycles. The summed E-state index contributed by atoms with van der Waals surface area (Å²) in [5, 5.41) is 22.3. The number of nitrogens with zero attached hydrogens (tertiary/aromatic N) is 1. The summed E-state index contributed by atoms with van der Waals surface area (Å²) in [4.78, 5) is 34.8. The highest BCUT2D eigenvalue weighted by Crippen LogP contribution is 2.01. The summed E-state index contributed by atoms with van der Waals surface area (Å²) >= 11 is 0. The molecule has 0 spiro atoms. The third kappa shape index (κ3) is 8.30. The third-order valence-corrected chi connectivity index (χ3v) is 2.93. The van der Waals surface area contributed by atoms with Gasteiger partial charge in [0.05, 0.1) is 0 Å². The van der Waals surface area contributed by atoms with Crippen molar-refractivity contribution in [2.75, 3.05) is 20.6 Å². The van der Waals surface area contributed by atoms with Gasteiger partial charge in [-0.3, -0.25) is 4.79 Å². The summed E-state index contributed by atoms with van der Waals surface area (Å²) in [6, 6.07) is -1.53. The fourth-order valence-electron chi connectivity index (χ4n) is 1.35. The Morgan fingerprint density at radius 3 is 2.25 bits per heavy atom. The van der Waals surface area contributed by atoms with E-state index >= 15 is 0 Å². The van der Waals surface area contributed by atoms with Gasteiger partial charge in [0.15, 0.2) is 0 Å². The number of carbonyl (C=O) groups is 3. The van der Waals surface area contributed by atoms with Crippen molar-refractivity contribution in [2.45, 2.75) is 38.3 Å². The first kappa shape index (κ1) is 18.2. The topological polar surface area (TPSA) is 119 Å². The molecule has 4 N–H and O–H groups in total. The highest BCUT2D eigenvalue weighted by Gasteiger charge is 2.20. The van der Waals surface area contributed by atoms with Crippen molar-refractivity contribution in [1.29, 1.82) is 0 Å². The Morgan fingerprint density at radius 2 is 1.80 bits per heavy atom. The second-order valence-corrected chi connectivity index (χ2v) is 4.84. The van der Waals surface area contributed by atoms with Gasteiger partial charge in [-0.05, 0) is 33.9 Å². The normalized spacial score (nSPS) is 13.6. The Bertz CT molecular complexity index is 346. The minimum atomic E-state index is -1.17. The molecule has 0 aromatic heterocycles. The van der Waals surface area contributed by atoms with E-state index in [9.17, 15) is 14.4 Å². The number of carboxylic acids is 2. The van der Waals surface area contributed by atoms with Gasteiger partial charge in [0.2, 0.25) is 0 Å². The van der Waals surface area contributed by atoms with E-state index in [0.29, 0.717) is 6.54 Å². The molecule has 0 aliphatic heterocycles. The van der Waals surface area contributed by atoms with Crippen molar-refractivity contribution in [3.8, 4) is 0 Å². The number of amides is 2. The SMILES string of the molecule is CC(CNC(=O)N[C@H](CCCC(=O)O)C(=O)O)N(C)C. The molecule has 0 fully saturated rings. The van der Waals surface area contributed by atoms with Crippen molar-refractivity contribution in [1.82, 2.24) is 15.5 Å². The highest BCUT2D eigenvalue weighted by atomic mass is 16.4. The van der Waals surface area contributed by atoms with E-state index < -0.39 is 24.0 Å². The second-order valence-electron chi connectivity index (χ2n) is 4.84. The van der Waals surface area contributed by atoms with Crippen molar-refractivity contribution in [3.05, 3.63) is 0 Å². The van der Waals surface area contributed by atoms with E-state index in [-0.39, 0.29) is 25.3 Å². The lowest BCUT2D eigenvalue weighted by molar-refractivity contribution is -0.140. The number of carboxylic acid groups (broad SMARTS) is 2. The lowest BCUT2D eigenvalue weighted by Crippen LogP contribution is -2.48. The van der Waals surface area contributed by atoms with Crippen LogP contribution < -0.4 is 10.6 Å². The molecular formula is C12H23N3O5. The number of carbonyl (C=O) groups excluding carboxylic acids is 1. The standard InChI is InChI=1S/C12H23N3O5/c1-8(15(2)3)7-13-12(20)14-9(11(18)19)5-4-6-10(16)17/h8-9H,4-7H2,1-3H3,(H,16,17)(H,18,19)(H2,13,14,20)/t8?,9-/m1/s1. The average Bonchev–Trinajstić information content (AvgIpc) is 2.33.